The summed E-state index contributed by atoms with van der Waals surface area (Å²) in [5, 5.41) is 9.40. The minimum absolute atomic E-state index is 0.101. The lowest BCUT2D eigenvalue weighted by molar-refractivity contribution is 0.386. The summed E-state index contributed by atoms with van der Waals surface area (Å²) in [5.41, 5.74) is 4.15. The van der Waals surface area contributed by atoms with Crippen molar-refractivity contribution >= 4 is 5.52 Å². The highest BCUT2D eigenvalue weighted by molar-refractivity contribution is 5.90. The van der Waals surface area contributed by atoms with E-state index in [1.54, 1.807) is 23.8 Å². The molecule has 0 radical (unpaired) electrons. The Balaban J connectivity index is 2.04. The average Bonchev–Trinajstić information content (AvgIpc) is 3.10. The predicted molar refractivity (Wildman–Crippen MR) is 105 cm³/mol. The van der Waals surface area contributed by atoms with Crippen LogP contribution in [0.5, 0.6) is 5.88 Å². The summed E-state index contributed by atoms with van der Waals surface area (Å²) in [6, 6.07) is 19.1. The standard InChI is InChI=1S/C21H20N4O2/c1-3-14-24-18(26)13-12-16(22-24)20-17-10-7-11-19(27-2)25(17)23-21(20)15-8-5-4-6-9-15/h4-13H,3,14H2,1-2H3. The fourth-order valence-corrected chi connectivity index (χ4v) is 3.20. The zero-order valence-corrected chi connectivity index (χ0v) is 15.3. The molecule has 3 aromatic heterocycles. The number of nitrogens with zero attached hydrogens (tertiary/aromatic N) is 4. The third-order valence-corrected chi connectivity index (χ3v) is 4.44. The number of aryl methyl sites for hydroxylation is 1. The van der Waals surface area contributed by atoms with Crippen molar-refractivity contribution in [3.05, 3.63) is 71.0 Å². The molecule has 0 fully saturated rings. The van der Waals surface area contributed by atoms with Crippen molar-refractivity contribution in [2.45, 2.75) is 19.9 Å². The third kappa shape index (κ3) is 2.99. The molecule has 0 aliphatic rings. The molecule has 6 nitrogen and oxygen atoms in total. The van der Waals surface area contributed by atoms with Crippen LogP contribution in [-0.4, -0.2) is 26.5 Å². The van der Waals surface area contributed by atoms with Crippen molar-refractivity contribution in [3.63, 3.8) is 0 Å². The van der Waals surface area contributed by atoms with Gasteiger partial charge in [-0.3, -0.25) is 4.79 Å². The van der Waals surface area contributed by atoms with Gasteiger partial charge in [-0.15, -0.1) is 0 Å². The third-order valence-electron chi connectivity index (χ3n) is 4.44. The number of methoxy groups -OCH3 is 1. The number of rotatable bonds is 5. The summed E-state index contributed by atoms with van der Waals surface area (Å²) in [4.78, 5) is 12.1. The van der Waals surface area contributed by atoms with Gasteiger partial charge in [-0.2, -0.15) is 14.7 Å². The van der Waals surface area contributed by atoms with Crippen LogP contribution in [0.1, 0.15) is 13.3 Å². The molecule has 0 spiro atoms. The summed E-state index contributed by atoms with van der Waals surface area (Å²) in [5.74, 6) is 0.637. The van der Waals surface area contributed by atoms with Crippen LogP contribution in [-0.2, 0) is 6.54 Å². The second-order valence-corrected chi connectivity index (χ2v) is 6.23. The van der Waals surface area contributed by atoms with E-state index >= 15 is 0 Å². The number of hydrogen-bond donors (Lipinski definition) is 0. The van der Waals surface area contributed by atoms with Crippen molar-refractivity contribution < 1.29 is 4.74 Å². The number of benzene rings is 1. The molecule has 6 heteroatoms. The second kappa shape index (κ2) is 7.07. The lowest BCUT2D eigenvalue weighted by Crippen LogP contribution is -2.22. The summed E-state index contributed by atoms with van der Waals surface area (Å²) < 4.78 is 8.75. The van der Waals surface area contributed by atoms with Crippen LogP contribution in [0.2, 0.25) is 0 Å². The van der Waals surface area contributed by atoms with Gasteiger partial charge in [0.2, 0.25) is 5.88 Å². The topological polar surface area (TPSA) is 61.4 Å². The summed E-state index contributed by atoms with van der Waals surface area (Å²) in [6.45, 7) is 2.60. The minimum Gasteiger partial charge on any atom is -0.481 e. The predicted octanol–water partition coefficient (Wildman–Crippen LogP) is 3.64. The van der Waals surface area contributed by atoms with E-state index in [1.807, 2.05) is 55.5 Å². The average molecular weight is 360 g/mol. The SMILES string of the molecule is CCCn1nc(-c2c(-c3ccccc3)nn3c(OC)cccc23)ccc1=O. The molecule has 4 aromatic rings. The Morgan fingerprint density at radius 1 is 0.963 bits per heavy atom. The molecule has 0 N–H and O–H groups in total. The van der Waals surface area contributed by atoms with Crippen molar-refractivity contribution in [2.24, 2.45) is 0 Å². The van der Waals surface area contributed by atoms with Gasteiger partial charge < -0.3 is 4.74 Å². The number of ether oxygens (including phenoxy) is 1. The van der Waals surface area contributed by atoms with Crippen LogP contribution in [0, 0.1) is 0 Å². The first-order chi connectivity index (χ1) is 13.2. The zero-order chi connectivity index (χ0) is 18.8. The van der Waals surface area contributed by atoms with Crippen LogP contribution in [0.25, 0.3) is 28.0 Å². The van der Waals surface area contributed by atoms with E-state index in [9.17, 15) is 4.79 Å². The Morgan fingerprint density at radius 3 is 2.52 bits per heavy atom. The quantitative estimate of drug-likeness (QED) is 0.545. The molecular weight excluding hydrogens is 340 g/mol. The molecule has 0 bridgehead atoms. The first-order valence-corrected chi connectivity index (χ1v) is 8.92. The molecular formula is C21H20N4O2. The maximum Gasteiger partial charge on any atom is 0.266 e. The van der Waals surface area contributed by atoms with Gasteiger partial charge in [0.1, 0.15) is 5.69 Å². The fourth-order valence-electron chi connectivity index (χ4n) is 3.20. The van der Waals surface area contributed by atoms with Crippen LogP contribution >= 0.6 is 0 Å². The lowest BCUT2D eigenvalue weighted by Gasteiger charge is -2.07. The van der Waals surface area contributed by atoms with E-state index in [0.29, 0.717) is 18.1 Å². The molecule has 136 valence electrons. The molecule has 0 saturated heterocycles. The first kappa shape index (κ1) is 17.0. The number of aromatic nitrogens is 4. The molecule has 27 heavy (non-hydrogen) atoms. The molecule has 0 amide bonds. The van der Waals surface area contributed by atoms with Gasteiger partial charge in [-0.25, -0.2) is 4.68 Å². The summed E-state index contributed by atoms with van der Waals surface area (Å²) >= 11 is 0. The van der Waals surface area contributed by atoms with E-state index in [2.05, 4.69) is 5.10 Å². The van der Waals surface area contributed by atoms with E-state index in [1.165, 1.54) is 4.68 Å². The van der Waals surface area contributed by atoms with Crippen molar-refractivity contribution in [2.75, 3.05) is 7.11 Å². The minimum atomic E-state index is -0.101. The molecule has 1 aromatic carbocycles. The summed E-state index contributed by atoms with van der Waals surface area (Å²) in [7, 11) is 1.62. The Bertz CT molecular complexity index is 1150. The number of fused-ring (bicyclic) bond motifs is 1. The summed E-state index contributed by atoms with van der Waals surface area (Å²) in [6.07, 6.45) is 0.838. The van der Waals surface area contributed by atoms with E-state index < -0.39 is 0 Å². The van der Waals surface area contributed by atoms with Gasteiger partial charge in [0.05, 0.1) is 23.9 Å². The maximum absolute atomic E-state index is 12.1. The Kier molecular flexibility index (Phi) is 4.46. The zero-order valence-electron chi connectivity index (χ0n) is 15.3. The molecule has 0 atom stereocenters. The smallest absolute Gasteiger partial charge is 0.266 e. The van der Waals surface area contributed by atoms with Gasteiger partial charge in [-0.05, 0) is 18.6 Å². The Morgan fingerprint density at radius 2 is 1.78 bits per heavy atom. The first-order valence-electron chi connectivity index (χ1n) is 8.92. The number of pyridine rings is 1. The van der Waals surface area contributed by atoms with E-state index in [0.717, 1.165) is 28.8 Å². The van der Waals surface area contributed by atoms with Crippen LogP contribution in [0.3, 0.4) is 0 Å². The highest BCUT2D eigenvalue weighted by atomic mass is 16.5. The normalized spacial score (nSPS) is 11.0. The van der Waals surface area contributed by atoms with Gasteiger partial charge in [0.25, 0.3) is 5.56 Å². The maximum atomic E-state index is 12.1. The Labute approximate surface area is 156 Å². The largest absolute Gasteiger partial charge is 0.481 e. The van der Waals surface area contributed by atoms with Gasteiger partial charge in [0, 0.05) is 24.2 Å². The van der Waals surface area contributed by atoms with E-state index in [-0.39, 0.29) is 5.56 Å². The molecule has 0 aliphatic carbocycles. The van der Waals surface area contributed by atoms with Crippen molar-refractivity contribution in [3.8, 4) is 28.4 Å². The van der Waals surface area contributed by atoms with Crippen LogP contribution in [0.15, 0.2) is 65.5 Å². The molecule has 0 unspecified atom stereocenters. The Hall–Kier alpha value is -3.41. The lowest BCUT2D eigenvalue weighted by atomic mass is 10.0. The molecule has 0 aliphatic heterocycles. The monoisotopic (exact) mass is 360 g/mol. The van der Waals surface area contributed by atoms with Crippen molar-refractivity contribution in [1.82, 2.24) is 19.4 Å². The second-order valence-electron chi connectivity index (χ2n) is 6.23. The fraction of sp³-hybridized carbons (Fsp3) is 0.190. The molecule has 3 heterocycles. The highest BCUT2D eigenvalue weighted by Gasteiger charge is 2.19. The number of hydrogen-bond acceptors (Lipinski definition) is 4. The van der Waals surface area contributed by atoms with Gasteiger partial charge >= 0.3 is 0 Å². The van der Waals surface area contributed by atoms with E-state index in [4.69, 9.17) is 9.84 Å². The van der Waals surface area contributed by atoms with Crippen LogP contribution < -0.4 is 10.3 Å². The van der Waals surface area contributed by atoms with Crippen LogP contribution in [0.4, 0.5) is 0 Å². The van der Waals surface area contributed by atoms with Gasteiger partial charge in [-0.1, -0.05) is 43.3 Å². The van der Waals surface area contributed by atoms with Gasteiger partial charge in [0.15, 0.2) is 0 Å². The van der Waals surface area contributed by atoms with Crippen molar-refractivity contribution in [1.29, 1.82) is 0 Å². The highest BCUT2D eigenvalue weighted by Crippen LogP contribution is 2.35. The molecule has 0 saturated carbocycles. The molecule has 4 rings (SSSR count).